The Balaban J connectivity index is 1.20. The minimum absolute atomic E-state index is 0.0812. The Morgan fingerprint density at radius 3 is 2.49 bits per heavy atom. The van der Waals surface area contributed by atoms with Crippen LogP contribution in [0.3, 0.4) is 0 Å². The molecular weight excluding hydrogens is 491 g/mol. The molecular formula is C29H32ClFN4O2. The number of carbonyl (C=O) groups excluding carboxylic acids is 1. The number of hydrogen-bond donors (Lipinski definition) is 1. The van der Waals surface area contributed by atoms with E-state index in [2.05, 4.69) is 9.88 Å². The fourth-order valence-electron chi connectivity index (χ4n) is 5.29. The molecule has 194 valence electrons. The van der Waals surface area contributed by atoms with Crippen molar-refractivity contribution in [3.63, 3.8) is 0 Å². The smallest absolute Gasteiger partial charge is 0.253 e. The number of ether oxygens (including phenoxy) is 1. The van der Waals surface area contributed by atoms with E-state index >= 15 is 0 Å². The molecule has 1 aromatic heterocycles. The second-order valence-corrected chi connectivity index (χ2v) is 10.2. The molecule has 3 aromatic rings. The van der Waals surface area contributed by atoms with E-state index in [-0.39, 0.29) is 24.1 Å². The third-order valence-corrected chi connectivity index (χ3v) is 7.78. The molecule has 6 nitrogen and oxygen atoms in total. The van der Waals surface area contributed by atoms with E-state index in [4.69, 9.17) is 22.1 Å². The van der Waals surface area contributed by atoms with Crippen LogP contribution in [0.5, 0.6) is 5.75 Å². The van der Waals surface area contributed by atoms with Gasteiger partial charge >= 0.3 is 0 Å². The minimum atomic E-state index is -0.360. The maximum absolute atomic E-state index is 14.0. The van der Waals surface area contributed by atoms with Crippen LogP contribution in [-0.4, -0.2) is 59.5 Å². The number of amides is 1. The van der Waals surface area contributed by atoms with Gasteiger partial charge in [0.2, 0.25) is 0 Å². The molecule has 2 saturated heterocycles. The first-order chi connectivity index (χ1) is 18.0. The molecule has 0 spiro atoms. The summed E-state index contributed by atoms with van der Waals surface area (Å²) in [6.07, 6.45) is 6.67. The molecule has 0 radical (unpaired) electrons. The van der Waals surface area contributed by atoms with Crippen molar-refractivity contribution in [1.82, 2.24) is 14.8 Å². The Kier molecular flexibility index (Phi) is 7.91. The van der Waals surface area contributed by atoms with Gasteiger partial charge in [0.05, 0.1) is 6.61 Å². The van der Waals surface area contributed by atoms with Gasteiger partial charge in [-0.1, -0.05) is 29.8 Å². The zero-order chi connectivity index (χ0) is 25.8. The predicted molar refractivity (Wildman–Crippen MR) is 144 cm³/mol. The second kappa shape index (κ2) is 11.5. The van der Waals surface area contributed by atoms with Gasteiger partial charge in [-0.25, -0.2) is 9.37 Å². The molecule has 0 aliphatic carbocycles. The molecule has 2 aromatic carbocycles. The van der Waals surface area contributed by atoms with Crippen LogP contribution >= 0.6 is 11.6 Å². The first-order valence-corrected chi connectivity index (χ1v) is 13.3. The van der Waals surface area contributed by atoms with Gasteiger partial charge in [0, 0.05) is 53.5 Å². The van der Waals surface area contributed by atoms with Crippen molar-refractivity contribution in [2.45, 2.75) is 38.1 Å². The molecule has 0 unspecified atom stereocenters. The van der Waals surface area contributed by atoms with E-state index in [0.717, 1.165) is 37.1 Å². The molecule has 8 heteroatoms. The van der Waals surface area contributed by atoms with Crippen molar-refractivity contribution in [2.75, 3.05) is 38.5 Å². The molecule has 1 amide bonds. The lowest BCUT2D eigenvalue weighted by Gasteiger charge is -2.36. The van der Waals surface area contributed by atoms with Gasteiger partial charge in [-0.2, -0.15) is 0 Å². The number of likely N-dealkylation sites (tertiary alicyclic amines) is 2. The average Bonchev–Trinajstić information content (AvgIpc) is 3.46. The third kappa shape index (κ3) is 5.89. The zero-order valence-electron chi connectivity index (χ0n) is 20.8. The van der Waals surface area contributed by atoms with Crippen LogP contribution in [0.25, 0.3) is 11.1 Å². The van der Waals surface area contributed by atoms with Crippen LogP contribution in [0.15, 0.2) is 54.7 Å². The topological polar surface area (TPSA) is 71.7 Å². The number of anilines is 1. The number of piperidine rings is 1. The lowest BCUT2D eigenvalue weighted by Crippen LogP contribution is -2.45. The average molecular weight is 523 g/mol. The van der Waals surface area contributed by atoms with Crippen molar-refractivity contribution in [3.05, 3.63) is 76.7 Å². The van der Waals surface area contributed by atoms with Crippen LogP contribution in [-0.2, 0) is 6.42 Å². The van der Waals surface area contributed by atoms with Gasteiger partial charge in [0.15, 0.2) is 11.6 Å². The number of nitrogens with zero attached hydrogens (tertiary/aromatic N) is 3. The largest absolute Gasteiger partial charge is 0.489 e. The van der Waals surface area contributed by atoms with Crippen LogP contribution in [0.4, 0.5) is 10.2 Å². The summed E-state index contributed by atoms with van der Waals surface area (Å²) in [5.74, 6) is 0.401. The molecule has 2 N–H and O–H groups in total. The Bertz CT molecular complexity index is 1220. The number of hydrogen-bond acceptors (Lipinski definition) is 5. The highest BCUT2D eigenvalue weighted by molar-refractivity contribution is 6.31. The Morgan fingerprint density at radius 2 is 1.78 bits per heavy atom. The van der Waals surface area contributed by atoms with E-state index in [1.54, 1.807) is 18.3 Å². The van der Waals surface area contributed by atoms with Gasteiger partial charge in [0.25, 0.3) is 5.91 Å². The maximum Gasteiger partial charge on any atom is 0.253 e. The van der Waals surface area contributed by atoms with Gasteiger partial charge in [-0.05, 0) is 74.7 Å². The number of nitrogens with two attached hydrogens (primary N) is 1. The third-order valence-electron chi connectivity index (χ3n) is 7.43. The first kappa shape index (κ1) is 25.5. The highest BCUT2D eigenvalue weighted by Gasteiger charge is 2.28. The number of carbonyl (C=O) groups is 1. The quantitative estimate of drug-likeness (QED) is 0.447. The van der Waals surface area contributed by atoms with Crippen molar-refractivity contribution in [1.29, 1.82) is 0 Å². The Morgan fingerprint density at radius 1 is 1.05 bits per heavy atom. The van der Waals surface area contributed by atoms with Crippen molar-refractivity contribution >= 4 is 23.3 Å². The van der Waals surface area contributed by atoms with Crippen molar-refractivity contribution in [2.24, 2.45) is 0 Å². The molecule has 37 heavy (non-hydrogen) atoms. The highest BCUT2D eigenvalue weighted by atomic mass is 35.5. The van der Waals surface area contributed by atoms with Gasteiger partial charge in [-0.15, -0.1) is 0 Å². The first-order valence-electron chi connectivity index (χ1n) is 12.9. The fourth-order valence-corrected chi connectivity index (χ4v) is 5.55. The summed E-state index contributed by atoms with van der Waals surface area (Å²) in [4.78, 5) is 21.9. The summed E-state index contributed by atoms with van der Waals surface area (Å²) in [6, 6.07) is 14.6. The lowest BCUT2D eigenvalue weighted by molar-refractivity contribution is 0.0644. The van der Waals surface area contributed by atoms with Crippen LogP contribution < -0.4 is 10.5 Å². The van der Waals surface area contributed by atoms with E-state index in [9.17, 15) is 9.18 Å². The van der Waals surface area contributed by atoms with Crippen LogP contribution in [0.2, 0.25) is 5.02 Å². The molecule has 0 saturated carbocycles. The second-order valence-electron chi connectivity index (χ2n) is 9.75. The van der Waals surface area contributed by atoms with Crippen LogP contribution in [0.1, 0.15) is 41.6 Å². The van der Waals surface area contributed by atoms with Crippen molar-refractivity contribution < 1.29 is 13.9 Å². The molecule has 0 atom stereocenters. The number of nitrogen functional groups attached to an aromatic ring is 1. The maximum atomic E-state index is 14.0. The predicted octanol–water partition coefficient (Wildman–Crippen LogP) is 5.45. The molecule has 5 rings (SSSR count). The Labute approximate surface area is 222 Å². The molecule has 3 heterocycles. The van der Waals surface area contributed by atoms with E-state index in [1.807, 2.05) is 35.2 Å². The summed E-state index contributed by atoms with van der Waals surface area (Å²) in [5, 5.41) is 0.369. The molecule has 0 bridgehead atoms. The molecule has 2 aliphatic heterocycles. The minimum Gasteiger partial charge on any atom is -0.489 e. The SMILES string of the molecule is Nc1ncc(-c2ccc(C(=O)N3CCC(N4CCCC4)CC3)cc2)cc1OCCc1c(F)cccc1Cl. The van der Waals surface area contributed by atoms with Gasteiger partial charge in [0.1, 0.15) is 5.82 Å². The van der Waals surface area contributed by atoms with Gasteiger partial charge in [-0.3, -0.25) is 4.79 Å². The number of aromatic nitrogens is 1. The molecule has 2 aliphatic rings. The van der Waals surface area contributed by atoms with Crippen LogP contribution in [0, 0.1) is 5.82 Å². The summed E-state index contributed by atoms with van der Waals surface area (Å²) in [7, 11) is 0. The normalized spacial score (nSPS) is 16.8. The van der Waals surface area contributed by atoms with E-state index in [1.165, 1.54) is 32.0 Å². The number of benzene rings is 2. The van der Waals surface area contributed by atoms with E-state index in [0.29, 0.717) is 34.4 Å². The number of rotatable bonds is 7. The van der Waals surface area contributed by atoms with Crippen molar-refractivity contribution in [3.8, 4) is 16.9 Å². The number of pyridine rings is 1. The lowest BCUT2D eigenvalue weighted by atomic mass is 10.0. The highest BCUT2D eigenvalue weighted by Crippen LogP contribution is 2.29. The van der Waals surface area contributed by atoms with Gasteiger partial charge < -0.3 is 20.3 Å². The number of halogens is 2. The summed E-state index contributed by atoms with van der Waals surface area (Å²) < 4.78 is 19.8. The summed E-state index contributed by atoms with van der Waals surface area (Å²) in [5.41, 5.74) is 8.83. The Hall–Kier alpha value is -3.16. The monoisotopic (exact) mass is 522 g/mol. The fraction of sp³-hybridized carbons (Fsp3) is 0.379. The molecule has 2 fully saturated rings. The summed E-state index contributed by atoms with van der Waals surface area (Å²) in [6.45, 7) is 4.22. The van der Waals surface area contributed by atoms with E-state index < -0.39 is 0 Å². The standard InChI is InChI=1S/C29H32ClFN4O2/c30-25-4-3-5-26(31)24(25)12-17-37-27-18-22(19-33-28(27)32)20-6-8-21(9-7-20)29(36)35-15-10-23(11-16-35)34-13-1-2-14-34/h3-9,18-19,23H,1-2,10-17H2,(H2,32,33). The zero-order valence-corrected chi connectivity index (χ0v) is 21.6. The summed E-state index contributed by atoms with van der Waals surface area (Å²) >= 11 is 6.10.